The minimum Gasteiger partial charge on any atom is -0.395 e. The maximum atomic E-state index is 13.0. The van der Waals surface area contributed by atoms with Gasteiger partial charge in [-0.15, -0.1) is 0 Å². The highest BCUT2D eigenvalue weighted by Crippen LogP contribution is 2.49. The van der Waals surface area contributed by atoms with Gasteiger partial charge in [-0.2, -0.15) is 0 Å². The minimum absolute atomic E-state index is 0.130. The predicted octanol–water partition coefficient (Wildman–Crippen LogP) is 5.63. The zero-order chi connectivity index (χ0) is 16.5. The first kappa shape index (κ1) is 17.3. The van der Waals surface area contributed by atoms with E-state index in [9.17, 15) is 4.57 Å². The summed E-state index contributed by atoms with van der Waals surface area (Å²) >= 11 is 0. The molecule has 0 unspecified atom stereocenters. The molecule has 122 valence electrons. The molecule has 4 nitrogen and oxygen atoms in total. The molecule has 0 atom stereocenters. The van der Waals surface area contributed by atoms with Crippen molar-refractivity contribution in [2.24, 2.45) is 0 Å². The van der Waals surface area contributed by atoms with Crippen molar-refractivity contribution in [3.05, 3.63) is 72.8 Å². The fourth-order valence-electron chi connectivity index (χ4n) is 1.89. The molecule has 0 fully saturated rings. The lowest BCUT2D eigenvalue weighted by Gasteiger charge is -2.19. The van der Waals surface area contributed by atoms with E-state index in [-0.39, 0.29) is 6.61 Å². The average molecular weight is 332 g/mol. The normalized spacial score (nSPS) is 11.0. The molecule has 0 aliphatic rings. The lowest BCUT2D eigenvalue weighted by Crippen LogP contribution is -2.07. The minimum atomic E-state index is -3.80. The fraction of sp³-hybridized carbons (Fsp3) is 0.222. The second-order valence-corrected chi connectivity index (χ2v) is 6.55. The van der Waals surface area contributed by atoms with Crippen LogP contribution in [-0.2, 0) is 9.09 Å². The van der Waals surface area contributed by atoms with Crippen LogP contribution in [0.2, 0.25) is 0 Å². The maximum Gasteiger partial charge on any atom is 0.587 e. The third-order valence-corrected chi connectivity index (χ3v) is 4.27. The molecule has 0 saturated carbocycles. The first-order valence-corrected chi connectivity index (χ1v) is 8.98. The van der Waals surface area contributed by atoms with E-state index in [1.165, 1.54) is 0 Å². The Balaban J connectivity index is 2.12. The Morgan fingerprint density at radius 2 is 1.43 bits per heavy atom. The first-order valence-electron chi connectivity index (χ1n) is 7.52. The summed E-state index contributed by atoms with van der Waals surface area (Å²) in [5.74, 6) is 0.848. The summed E-state index contributed by atoms with van der Waals surface area (Å²) in [5.41, 5.74) is 0.848. The lowest BCUT2D eigenvalue weighted by atomic mass is 10.2. The highest BCUT2D eigenvalue weighted by molar-refractivity contribution is 7.49. The van der Waals surface area contributed by atoms with Crippen LogP contribution in [0.15, 0.2) is 72.8 Å². The van der Waals surface area contributed by atoms with Gasteiger partial charge in [-0.1, -0.05) is 61.9 Å². The Bertz CT molecular complexity index is 610. The van der Waals surface area contributed by atoms with E-state index in [2.05, 4.69) is 6.58 Å². The van der Waals surface area contributed by atoms with E-state index in [1.807, 2.05) is 19.1 Å². The zero-order valence-corrected chi connectivity index (χ0v) is 14.1. The fourth-order valence-corrected chi connectivity index (χ4v) is 3.13. The van der Waals surface area contributed by atoms with Crippen LogP contribution in [0.3, 0.4) is 0 Å². The Hall–Kier alpha value is -2.03. The van der Waals surface area contributed by atoms with Gasteiger partial charge in [0, 0.05) is 0 Å². The largest absolute Gasteiger partial charge is 0.587 e. The van der Waals surface area contributed by atoms with Gasteiger partial charge in [0.1, 0.15) is 11.5 Å². The summed E-state index contributed by atoms with van der Waals surface area (Å²) in [6, 6.07) is 17.7. The van der Waals surface area contributed by atoms with Crippen LogP contribution in [0.5, 0.6) is 11.5 Å². The van der Waals surface area contributed by atoms with E-state index in [1.54, 1.807) is 48.5 Å². The van der Waals surface area contributed by atoms with Crippen molar-refractivity contribution in [1.82, 2.24) is 0 Å². The summed E-state index contributed by atoms with van der Waals surface area (Å²) in [5, 5.41) is 0. The van der Waals surface area contributed by atoms with Crippen LogP contribution in [0.4, 0.5) is 0 Å². The molecule has 0 heterocycles. The molecule has 2 aromatic rings. The molecule has 0 aliphatic heterocycles. The topological polar surface area (TPSA) is 44.8 Å². The van der Waals surface area contributed by atoms with Gasteiger partial charge >= 0.3 is 7.82 Å². The van der Waals surface area contributed by atoms with Gasteiger partial charge in [0.05, 0.1) is 6.61 Å². The number of hydrogen-bond donors (Lipinski definition) is 0. The first-order chi connectivity index (χ1) is 11.1. The number of phosphoric acid groups is 1. The molecule has 2 rings (SSSR count). The monoisotopic (exact) mass is 332 g/mol. The number of para-hydroxylation sites is 2. The van der Waals surface area contributed by atoms with Crippen LogP contribution < -0.4 is 9.05 Å². The molecule has 5 heteroatoms. The van der Waals surface area contributed by atoms with E-state index >= 15 is 0 Å². The van der Waals surface area contributed by atoms with Gasteiger partial charge in [-0.25, -0.2) is 4.57 Å². The second kappa shape index (κ2) is 8.56. The molecule has 0 radical (unpaired) electrons. The quantitative estimate of drug-likeness (QED) is 0.441. The Labute approximate surface area is 137 Å². The summed E-state index contributed by atoms with van der Waals surface area (Å²) in [4.78, 5) is 0. The van der Waals surface area contributed by atoms with Crippen LogP contribution >= 0.6 is 7.82 Å². The molecule has 23 heavy (non-hydrogen) atoms. The molecule has 0 aliphatic carbocycles. The molecule has 0 spiro atoms. The smallest absolute Gasteiger partial charge is 0.395 e. The molecule has 0 saturated heterocycles. The predicted molar refractivity (Wildman–Crippen MR) is 91.7 cm³/mol. The number of phosphoric ester groups is 1. The van der Waals surface area contributed by atoms with Crippen molar-refractivity contribution < 1.29 is 18.1 Å². The highest BCUT2D eigenvalue weighted by atomic mass is 31.2. The molecule has 0 N–H and O–H groups in total. The summed E-state index contributed by atoms with van der Waals surface area (Å²) in [6.07, 6.45) is 1.75. The van der Waals surface area contributed by atoms with Gasteiger partial charge in [-0.3, -0.25) is 4.52 Å². The Morgan fingerprint density at radius 3 is 1.87 bits per heavy atom. The van der Waals surface area contributed by atoms with Gasteiger partial charge < -0.3 is 9.05 Å². The van der Waals surface area contributed by atoms with Crippen molar-refractivity contribution in [3.8, 4) is 11.5 Å². The molecule has 2 aromatic carbocycles. The van der Waals surface area contributed by atoms with Crippen molar-refractivity contribution in [2.45, 2.75) is 19.8 Å². The second-order valence-electron chi connectivity index (χ2n) is 5.03. The third kappa shape index (κ3) is 5.93. The van der Waals surface area contributed by atoms with E-state index in [0.717, 1.165) is 18.4 Å². The molecule has 0 aromatic heterocycles. The molecular formula is C18H21O4P. The average Bonchev–Trinajstić information content (AvgIpc) is 2.55. The zero-order valence-electron chi connectivity index (χ0n) is 13.2. The van der Waals surface area contributed by atoms with Gasteiger partial charge in [-0.05, 0) is 30.7 Å². The maximum absolute atomic E-state index is 13.0. The summed E-state index contributed by atoms with van der Waals surface area (Å²) in [7, 11) is -3.80. The summed E-state index contributed by atoms with van der Waals surface area (Å²) in [6.45, 7) is 6.08. The van der Waals surface area contributed by atoms with Crippen LogP contribution in [0, 0.1) is 0 Å². The number of hydrogen-bond acceptors (Lipinski definition) is 4. The van der Waals surface area contributed by atoms with Gasteiger partial charge in [0.15, 0.2) is 0 Å². The third-order valence-electron chi connectivity index (χ3n) is 2.95. The Kier molecular flexibility index (Phi) is 6.45. The van der Waals surface area contributed by atoms with Crippen LogP contribution in [-0.4, -0.2) is 6.61 Å². The van der Waals surface area contributed by atoms with Crippen LogP contribution in [0.1, 0.15) is 19.8 Å². The van der Waals surface area contributed by atoms with Gasteiger partial charge in [0.25, 0.3) is 0 Å². The van der Waals surface area contributed by atoms with Crippen molar-refractivity contribution in [2.75, 3.05) is 6.61 Å². The molecule has 0 amide bonds. The molecular weight excluding hydrogens is 311 g/mol. The van der Waals surface area contributed by atoms with Crippen LogP contribution in [0.25, 0.3) is 0 Å². The van der Waals surface area contributed by atoms with E-state index < -0.39 is 7.82 Å². The number of rotatable bonds is 9. The standard InChI is InChI=1S/C18H21O4P/c1-3-10-16(2)15-20-23(19,21-17-11-6-4-7-12-17)22-18-13-8-5-9-14-18/h4-9,11-14H,2-3,10,15H2,1H3. The van der Waals surface area contributed by atoms with Crippen molar-refractivity contribution in [3.63, 3.8) is 0 Å². The number of benzene rings is 2. The van der Waals surface area contributed by atoms with E-state index in [4.69, 9.17) is 13.6 Å². The highest BCUT2D eigenvalue weighted by Gasteiger charge is 2.31. The lowest BCUT2D eigenvalue weighted by molar-refractivity contribution is 0.223. The SMILES string of the molecule is C=C(CCC)COP(=O)(Oc1ccccc1)Oc1ccccc1. The molecule has 0 bridgehead atoms. The van der Waals surface area contributed by atoms with Crippen molar-refractivity contribution >= 4 is 7.82 Å². The van der Waals surface area contributed by atoms with E-state index in [0.29, 0.717) is 11.5 Å². The van der Waals surface area contributed by atoms with Gasteiger partial charge in [0.2, 0.25) is 0 Å². The van der Waals surface area contributed by atoms with Crippen molar-refractivity contribution in [1.29, 1.82) is 0 Å². The summed E-state index contributed by atoms with van der Waals surface area (Å²) < 4.78 is 29.4. The Morgan fingerprint density at radius 1 is 0.957 bits per heavy atom.